The predicted molar refractivity (Wildman–Crippen MR) is 110 cm³/mol. The molecule has 0 bridgehead atoms. The Balaban J connectivity index is 1.36. The van der Waals surface area contributed by atoms with Crippen molar-refractivity contribution >= 4 is 22.8 Å². The van der Waals surface area contributed by atoms with Crippen LogP contribution in [0.1, 0.15) is 24.6 Å². The predicted octanol–water partition coefficient (Wildman–Crippen LogP) is 3.39. The standard InChI is InChI=1S/C21H25N5O3/c1-28-11-12-29-19-9-8-16(13-22-19)23-21(27)26-10-4-5-15(14-26)20-24-17-6-2-3-7-18(17)25-20/h2-3,6-9,13,15H,4-5,10-12,14H2,1H3,(H,23,27)(H,24,25)/t15-/m0/s1. The summed E-state index contributed by atoms with van der Waals surface area (Å²) in [5.74, 6) is 1.66. The van der Waals surface area contributed by atoms with Crippen molar-refractivity contribution in [2.45, 2.75) is 18.8 Å². The van der Waals surface area contributed by atoms with Gasteiger partial charge < -0.3 is 24.7 Å². The molecule has 0 unspecified atom stereocenters. The smallest absolute Gasteiger partial charge is 0.321 e. The number of H-pyrrole nitrogens is 1. The molecule has 3 heterocycles. The van der Waals surface area contributed by atoms with Gasteiger partial charge in [0.25, 0.3) is 0 Å². The Bertz CT molecular complexity index is 923. The second-order valence-electron chi connectivity index (χ2n) is 7.08. The van der Waals surface area contributed by atoms with Gasteiger partial charge in [0.2, 0.25) is 5.88 Å². The molecule has 0 aliphatic carbocycles. The summed E-state index contributed by atoms with van der Waals surface area (Å²) < 4.78 is 10.4. The second kappa shape index (κ2) is 8.91. The van der Waals surface area contributed by atoms with Crippen molar-refractivity contribution in [3.63, 3.8) is 0 Å². The summed E-state index contributed by atoms with van der Waals surface area (Å²) in [4.78, 5) is 26.9. The fourth-order valence-corrected chi connectivity index (χ4v) is 3.52. The largest absolute Gasteiger partial charge is 0.475 e. The van der Waals surface area contributed by atoms with Gasteiger partial charge in [-0.3, -0.25) is 0 Å². The fraction of sp³-hybridized carbons (Fsp3) is 0.381. The first-order chi connectivity index (χ1) is 14.2. The molecule has 0 radical (unpaired) electrons. The Labute approximate surface area is 169 Å². The molecule has 4 rings (SSSR count). The topological polar surface area (TPSA) is 92.4 Å². The van der Waals surface area contributed by atoms with Crippen molar-refractivity contribution in [1.29, 1.82) is 0 Å². The van der Waals surface area contributed by atoms with Crippen LogP contribution >= 0.6 is 0 Å². The van der Waals surface area contributed by atoms with Crippen molar-refractivity contribution in [3.8, 4) is 5.88 Å². The molecule has 0 saturated carbocycles. The molecule has 29 heavy (non-hydrogen) atoms. The maximum atomic E-state index is 12.7. The van der Waals surface area contributed by atoms with Crippen LogP contribution in [0.4, 0.5) is 10.5 Å². The molecule has 8 nitrogen and oxygen atoms in total. The fourth-order valence-electron chi connectivity index (χ4n) is 3.52. The third-order valence-electron chi connectivity index (χ3n) is 5.03. The minimum absolute atomic E-state index is 0.124. The number of aromatic amines is 1. The lowest BCUT2D eigenvalue weighted by Crippen LogP contribution is -2.41. The summed E-state index contributed by atoms with van der Waals surface area (Å²) in [5.41, 5.74) is 2.63. The number of urea groups is 1. The summed E-state index contributed by atoms with van der Waals surface area (Å²) in [5, 5.41) is 2.92. The minimum Gasteiger partial charge on any atom is -0.475 e. The van der Waals surface area contributed by atoms with Crippen molar-refractivity contribution < 1.29 is 14.3 Å². The van der Waals surface area contributed by atoms with Crippen LogP contribution in [0.5, 0.6) is 5.88 Å². The Morgan fingerprint density at radius 1 is 1.28 bits per heavy atom. The number of rotatable bonds is 6. The normalized spacial score (nSPS) is 16.7. The van der Waals surface area contributed by atoms with Crippen molar-refractivity contribution in [3.05, 3.63) is 48.4 Å². The Hall–Kier alpha value is -3.13. The highest BCUT2D eigenvalue weighted by Gasteiger charge is 2.26. The first kappa shape index (κ1) is 19.2. The van der Waals surface area contributed by atoms with Gasteiger partial charge in [-0.25, -0.2) is 14.8 Å². The Morgan fingerprint density at radius 3 is 2.97 bits per heavy atom. The number of aromatic nitrogens is 3. The van der Waals surface area contributed by atoms with E-state index >= 15 is 0 Å². The first-order valence-electron chi connectivity index (χ1n) is 9.81. The SMILES string of the molecule is COCCOc1ccc(NC(=O)N2CCC[C@H](c3nc4ccccc4[nH]3)C2)cn1. The van der Waals surface area contributed by atoms with Crippen LogP contribution in [-0.4, -0.2) is 59.3 Å². The van der Waals surface area contributed by atoms with Gasteiger partial charge in [-0.2, -0.15) is 0 Å². The van der Waals surface area contributed by atoms with E-state index in [1.807, 2.05) is 29.2 Å². The number of nitrogens with zero attached hydrogens (tertiary/aromatic N) is 3. The Kier molecular flexibility index (Phi) is 5.90. The van der Waals surface area contributed by atoms with E-state index in [2.05, 4.69) is 15.3 Å². The molecule has 2 amide bonds. The van der Waals surface area contributed by atoms with Crippen molar-refractivity contribution in [2.75, 3.05) is 38.7 Å². The number of amides is 2. The summed E-state index contributed by atoms with van der Waals surface area (Å²) in [7, 11) is 1.62. The highest BCUT2D eigenvalue weighted by molar-refractivity contribution is 5.89. The number of para-hydroxylation sites is 2. The number of likely N-dealkylation sites (tertiary alicyclic amines) is 1. The highest BCUT2D eigenvalue weighted by atomic mass is 16.5. The van der Waals surface area contributed by atoms with Crippen molar-refractivity contribution in [1.82, 2.24) is 19.9 Å². The van der Waals surface area contributed by atoms with E-state index in [9.17, 15) is 4.79 Å². The van der Waals surface area contributed by atoms with E-state index in [0.29, 0.717) is 31.3 Å². The molecule has 152 valence electrons. The third-order valence-corrected chi connectivity index (χ3v) is 5.03. The molecule has 2 aromatic heterocycles. The van der Waals surface area contributed by atoms with Gasteiger partial charge in [0.05, 0.1) is 29.5 Å². The summed E-state index contributed by atoms with van der Waals surface area (Å²) >= 11 is 0. The molecule has 1 aromatic carbocycles. The third kappa shape index (κ3) is 4.65. The summed E-state index contributed by atoms with van der Waals surface area (Å²) in [6, 6.07) is 11.4. The maximum absolute atomic E-state index is 12.7. The van der Waals surface area contributed by atoms with Gasteiger partial charge in [-0.15, -0.1) is 0 Å². The van der Waals surface area contributed by atoms with Crippen LogP contribution in [0.3, 0.4) is 0 Å². The summed E-state index contributed by atoms with van der Waals surface area (Å²) in [6.45, 7) is 2.30. The number of ether oxygens (including phenoxy) is 2. The number of pyridine rings is 1. The second-order valence-corrected chi connectivity index (χ2v) is 7.08. The zero-order chi connectivity index (χ0) is 20.1. The van der Waals surface area contributed by atoms with Gasteiger partial charge >= 0.3 is 6.03 Å². The quantitative estimate of drug-likeness (QED) is 0.624. The average Bonchev–Trinajstić information content (AvgIpc) is 3.20. The zero-order valence-electron chi connectivity index (χ0n) is 16.4. The van der Waals surface area contributed by atoms with Crippen LogP contribution < -0.4 is 10.1 Å². The van der Waals surface area contributed by atoms with E-state index in [1.165, 1.54) is 0 Å². The molecule has 1 fully saturated rings. The number of carbonyl (C=O) groups is 1. The molecular formula is C21H25N5O3. The van der Waals surface area contributed by atoms with Crippen LogP contribution in [-0.2, 0) is 4.74 Å². The van der Waals surface area contributed by atoms with Gasteiger partial charge in [-0.1, -0.05) is 12.1 Å². The van der Waals surface area contributed by atoms with Gasteiger partial charge in [-0.05, 0) is 31.0 Å². The van der Waals surface area contributed by atoms with E-state index in [4.69, 9.17) is 14.5 Å². The monoisotopic (exact) mass is 395 g/mol. The molecule has 1 atom stereocenters. The number of benzene rings is 1. The average molecular weight is 395 g/mol. The van der Waals surface area contributed by atoms with Crippen LogP contribution in [0.15, 0.2) is 42.6 Å². The number of hydrogen-bond donors (Lipinski definition) is 2. The van der Waals surface area contributed by atoms with Gasteiger partial charge in [0.1, 0.15) is 12.4 Å². The highest BCUT2D eigenvalue weighted by Crippen LogP contribution is 2.27. The number of methoxy groups -OCH3 is 1. The molecular weight excluding hydrogens is 370 g/mol. The van der Waals surface area contributed by atoms with Gasteiger partial charge in [0.15, 0.2) is 0 Å². The first-order valence-corrected chi connectivity index (χ1v) is 9.81. The lowest BCUT2D eigenvalue weighted by molar-refractivity contribution is 0.144. The maximum Gasteiger partial charge on any atom is 0.321 e. The minimum atomic E-state index is -0.124. The Morgan fingerprint density at radius 2 is 2.17 bits per heavy atom. The number of carbonyl (C=O) groups excluding carboxylic acids is 1. The van der Waals surface area contributed by atoms with Crippen LogP contribution in [0.25, 0.3) is 11.0 Å². The lowest BCUT2D eigenvalue weighted by atomic mass is 9.97. The molecule has 8 heteroatoms. The molecule has 1 saturated heterocycles. The van der Waals surface area contributed by atoms with E-state index < -0.39 is 0 Å². The number of imidazole rings is 1. The van der Waals surface area contributed by atoms with E-state index in [0.717, 1.165) is 36.2 Å². The summed E-state index contributed by atoms with van der Waals surface area (Å²) in [6.07, 6.45) is 3.55. The molecule has 1 aliphatic heterocycles. The van der Waals surface area contributed by atoms with E-state index in [1.54, 1.807) is 25.4 Å². The number of piperidine rings is 1. The molecule has 1 aliphatic rings. The number of fused-ring (bicyclic) bond motifs is 1. The van der Waals surface area contributed by atoms with Crippen LogP contribution in [0.2, 0.25) is 0 Å². The number of hydrogen-bond acceptors (Lipinski definition) is 5. The molecule has 3 aromatic rings. The van der Waals surface area contributed by atoms with Gasteiger partial charge in [0, 0.05) is 32.2 Å². The number of anilines is 1. The number of nitrogens with one attached hydrogen (secondary N) is 2. The zero-order valence-corrected chi connectivity index (χ0v) is 16.4. The van der Waals surface area contributed by atoms with E-state index in [-0.39, 0.29) is 11.9 Å². The molecule has 0 spiro atoms. The van der Waals surface area contributed by atoms with Crippen molar-refractivity contribution in [2.24, 2.45) is 0 Å². The van der Waals surface area contributed by atoms with Crippen LogP contribution in [0, 0.1) is 0 Å². The lowest BCUT2D eigenvalue weighted by Gasteiger charge is -2.31. The molecule has 2 N–H and O–H groups in total.